The van der Waals surface area contributed by atoms with E-state index >= 15 is 0 Å². The summed E-state index contributed by atoms with van der Waals surface area (Å²) in [5.74, 6) is -3.43. The lowest BCUT2D eigenvalue weighted by Gasteiger charge is -2.28. The Bertz CT molecular complexity index is 1000. The first-order chi connectivity index (χ1) is 15.9. The van der Waals surface area contributed by atoms with Crippen molar-refractivity contribution in [1.29, 1.82) is 0 Å². The number of hydrogen-bond donors (Lipinski definition) is 2. The lowest BCUT2D eigenvalue weighted by Crippen LogP contribution is -2.33. The highest BCUT2D eigenvalue weighted by molar-refractivity contribution is 5.98. The molecule has 2 heterocycles. The molecule has 9 nitrogen and oxygen atoms in total. The largest absolute Gasteiger partial charge is 0.393 e. The van der Waals surface area contributed by atoms with E-state index < -0.39 is 23.8 Å². The molecule has 4 aliphatic rings. The van der Waals surface area contributed by atoms with E-state index in [-0.39, 0.29) is 41.5 Å². The number of hydrogen-bond acceptors (Lipinski definition) is 8. The van der Waals surface area contributed by atoms with Crippen LogP contribution in [0.4, 0.5) is 11.4 Å². The van der Waals surface area contributed by atoms with E-state index in [0.29, 0.717) is 44.3 Å². The lowest BCUT2D eigenvalue weighted by molar-refractivity contribution is -0.155. The second-order valence-electron chi connectivity index (χ2n) is 9.54. The summed E-state index contributed by atoms with van der Waals surface area (Å²) in [6.45, 7) is 0.690. The van der Waals surface area contributed by atoms with Crippen molar-refractivity contribution in [2.24, 2.45) is 35.5 Å². The number of benzene rings is 1. The first-order valence-corrected chi connectivity index (χ1v) is 11.5. The Morgan fingerprint density at radius 2 is 1.27 bits per heavy atom. The van der Waals surface area contributed by atoms with Gasteiger partial charge in [0.05, 0.1) is 23.7 Å². The molecule has 4 fully saturated rings. The van der Waals surface area contributed by atoms with Gasteiger partial charge in [-0.25, -0.2) is 0 Å². The second kappa shape index (κ2) is 8.61. The lowest BCUT2D eigenvalue weighted by atomic mass is 9.75. The number of cyclic esters (lactones) is 4. The molecule has 1 aromatic carbocycles. The van der Waals surface area contributed by atoms with Crippen molar-refractivity contribution in [3.05, 3.63) is 24.3 Å². The number of nitrogens with one attached hydrogen (secondary N) is 2. The normalized spacial score (nSPS) is 33.1. The molecule has 174 valence electrons. The summed E-state index contributed by atoms with van der Waals surface area (Å²) in [5.41, 5.74) is 1.55. The minimum Gasteiger partial charge on any atom is -0.393 e. The van der Waals surface area contributed by atoms with E-state index in [1.54, 1.807) is 0 Å². The Morgan fingerprint density at radius 3 is 1.94 bits per heavy atom. The summed E-state index contributed by atoms with van der Waals surface area (Å²) in [7, 11) is 0. The van der Waals surface area contributed by atoms with Crippen molar-refractivity contribution in [1.82, 2.24) is 0 Å². The van der Waals surface area contributed by atoms with Crippen LogP contribution in [0.25, 0.3) is 0 Å². The fraction of sp³-hybridized carbons (Fsp3) is 0.542. The molecule has 0 bridgehead atoms. The van der Waals surface area contributed by atoms with Crippen molar-refractivity contribution >= 4 is 41.2 Å². The SMILES string of the molecule is O=C(Nc1ccc(NCC2CCC3C(=O)OC(=O)C3C2)cc1)C1CCC2C(=O)OC(=O)C2C1. The van der Waals surface area contributed by atoms with Gasteiger partial charge < -0.3 is 20.1 Å². The van der Waals surface area contributed by atoms with Crippen LogP contribution in [0, 0.1) is 35.5 Å². The molecule has 0 spiro atoms. The van der Waals surface area contributed by atoms with Gasteiger partial charge in [-0.05, 0) is 68.7 Å². The van der Waals surface area contributed by atoms with Gasteiger partial charge in [-0.2, -0.15) is 0 Å². The third-order valence-corrected chi connectivity index (χ3v) is 7.54. The molecule has 2 saturated heterocycles. The van der Waals surface area contributed by atoms with Gasteiger partial charge in [0, 0.05) is 23.8 Å². The van der Waals surface area contributed by atoms with E-state index in [1.165, 1.54) is 0 Å². The molecule has 0 aromatic heterocycles. The monoisotopic (exact) mass is 454 g/mol. The minimum absolute atomic E-state index is 0.156. The molecule has 9 heteroatoms. The summed E-state index contributed by atoms with van der Waals surface area (Å²) in [6.07, 6.45) is 3.58. The zero-order valence-electron chi connectivity index (χ0n) is 18.1. The van der Waals surface area contributed by atoms with Crippen LogP contribution in [0.3, 0.4) is 0 Å². The predicted octanol–water partition coefficient (Wildman–Crippen LogP) is 2.27. The van der Waals surface area contributed by atoms with Crippen molar-refractivity contribution in [3.63, 3.8) is 0 Å². The van der Waals surface area contributed by atoms with Crippen LogP contribution in [0.5, 0.6) is 0 Å². The van der Waals surface area contributed by atoms with Gasteiger partial charge in [0.2, 0.25) is 5.91 Å². The number of ether oxygens (including phenoxy) is 2. The fourth-order valence-electron chi connectivity index (χ4n) is 5.62. The molecule has 0 radical (unpaired) electrons. The highest BCUT2D eigenvalue weighted by Crippen LogP contribution is 2.41. The average Bonchev–Trinajstić information content (AvgIpc) is 3.26. The Morgan fingerprint density at radius 1 is 0.727 bits per heavy atom. The van der Waals surface area contributed by atoms with Crippen LogP contribution in [0.15, 0.2) is 24.3 Å². The van der Waals surface area contributed by atoms with Crippen molar-refractivity contribution in [2.75, 3.05) is 17.2 Å². The third-order valence-electron chi connectivity index (χ3n) is 7.54. The van der Waals surface area contributed by atoms with Crippen molar-refractivity contribution in [2.45, 2.75) is 38.5 Å². The van der Waals surface area contributed by atoms with Crippen LogP contribution in [0.1, 0.15) is 38.5 Å². The predicted molar refractivity (Wildman–Crippen MR) is 114 cm³/mol. The Kier molecular flexibility index (Phi) is 5.64. The minimum atomic E-state index is -0.511. The molecular weight excluding hydrogens is 428 g/mol. The molecule has 6 atom stereocenters. The van der Waals surface area contributed by atoms with Gasteiger partial charge in [0.15, 0.2) is 0 Å². The maximum absolute atomic E-state index is 12.7. The number of rotatable bonds is 5. The number of amides is 1. The molecule has 1 amide bonds. The fourth-order valence-corrected chi connectivity index (χ4v) is 5.62. The molecule has 33 heavy (non-hydrogen) atoms. The molecule has 2 aliphatic heterocycles. The number of esters is 4. The highest BCUT2D eigenvalue weighted by atomic mass is 16.6. The molecular formula is C24H26N2O7. The zero-order chi connectivity index (χ0) is 23.1. The molecule has 2 N–H and O–H groups in total. The van der Waals surface area contributed by atoms with Crippen molar-refractivity contribution < 1.29 is 33.4 Å². The van der Waals surface area contributed by atoms with E-state index in [4.69, 9.17) is 9.47 Å². The van der Waals surface area contributed by atoms with E-state index in [1.807, 2.05) is 24.3 Å². The van der Waals surface area contributed by atoms with Gasteiger partial charge in [-0.15, -0.1) is 0 Å². The molecule has 1 aromatic rings. The Hall–Kier alpha value is -3.23. The standard InChI is InChI=1S/C24H26N2O7/c27-20(13-2-8-17-19(10-13)24(31)33-22(17)29)26-15-5-3-14(4-6-15)25-11-12-1-7-16-18(9-12)23(30)32-21(16)28/h3-6,12-13,16-19,25H,1-2,7-11H2,(H,26,27). The maximum Gasteiger partial charge on any atom is 0.317 e. The summed E-state index contributed by atoms with van der Waals surface area (Å²) in [4.78, 5) is 59.7. The summed E-state index contributed by atoms with van der Waals surface area (Å²) in [6, 6.07) is 7.36. The van der Waals surface area contributed by atoms with Gasteiger partial charge in [0.1, 0.15) is 0 Å². The van der Waals surface area contributed by atoms with Crippen LogP contribution in [-0.2, 0) is 33.4 Å². The highest BCUT2D eigenvalue weighted by Gasteiger charge is 2.49. The van der Waals surface area contributed by atoms with Gasteiger partial charge in [-0.1, -0.05) is 0 Å². The Labute approximate surface area is 190 Å². The van der Waals surface area contributed by atoms with Crippen LogP contribution in [0.2, 0.25) is 0 Å². The summed E-state index contributed by atoms with van der Waals surface area (Å²) in [5, 5.41) is 6.26. The number of carbonyl (C=O) groups excluding carboxylic acids is 5. The van der Waals surface area contributed by atoms with E-state index in [9.17, 15) is 24.0 Å². The van der Waals surface area contributed by atoms with Crippen LogP contribution in [-0.4, -0.2) is 36.3 Å². The number of anilines is 2. The number of fused-ring (bicyclic) bond motifs is 2. The number of carbonyl (C=O) groups is 5. The second-order valence-corrected chi connectivity index (χ2v) is 9.54. The smallest absolute Gasteiger partial charge is 0.317 e. The molecule has 2 saturated carbocycles. The topological polar surface area (TPSA) is 128 Å². The van der Waals surface area contributed by atoms with E-state index in [0.717, 1.165) is 12.1 Å². The van der Waals surface area contributed by atoms with E-state index in [2.05, 4.69) is 10.6 Å². The summed E-state index contributed by atoms with van der Waals surface area (Å²) < 4.78 is 9.48. The molecule has 5 rings (SSSR count). The van der Waals surface area contributed by atoms with Gasteiger partial charge >= 0.3 is 23.9 Å². The van der Waals surface area contributed by atoms with Crippen LogP contribution >= 0.6 is 0 Å². The average molecular weight is 454 g/mol. The molecule has 6 unspecified atom stereocenters. The van der Waals surface area contributed by atoms with Crippen LogP contribution < -0.4 is 10.6 Å². The van der Waals surface area contributed by atoms with Gasteiger partial charge in [-0.3, -0.25) is 24.0 Å². The first-order valence-electron chi connectivity index (χ1n) is 11.5. The van der Waals surface area contributed by atoms with Gasteiger partial charge in [0.25, 0.3) is 0 Å². The summed E-state index contributed by atoms with van der Waals surface area (Å²) >= 11 is 0. The third kappa shape index (κ3) is 4.24. The zero-order valence-corrected chi connectivity index (χ0v) is 18.1. The molecule has 2 aliphatic carbocycles. The maximum atomic E-state index is 12.7. The quantitative estimate of drug-likeness (QED) is 0.512. The van der Waals surface area contributed by atoms with Crippen molar-refractivity contribution in [3.8, 4) is 0 Å². The first kappa shape index (κ1) is 21.6. The Balaban J connectivity index is 1.10.